The molecular formula is C9H7F3N2O4. The molecule has 0 radical (unpaired) electrons. The van der Waals surface area contributed by atoms with Crippen LogP contribution in [0.3, 0.4) is 0 Å². The molecule has 0 aromatic heterocycles. The average Bonchev–Trinajstić information content (AvgIpc) is 2.27. The van der Waals surface area contributed by atoms with Gasteiger partial charge in [-0.3, -0.25) is 19.7 Å². The Balaban J connectivity index is 2.54. The van der Waals surface area contributed by atoms with E-state index >= 15 is 0 Å². The summed E-state index contributed by atoms with van der Waals surface area (Å²) in [6.07, 6.45) is -4.55. The van der Waals surface area contributed by atoms with Crippen LogP contribution in [0.25, 0.3) is 0 Å². The highest BCUT2D eigenvalue weighted by Gasteiger charge is 2.28. The molecule has 1 amide bonds. The number of nitro groups is 1. The summed E-state index contributed by atoms with van der Waals surface area (Å²) < 4.78 is 35.1. The summed E-state index contributed by atoms with van der Waals surface area (Å²) in [6, 6.07) is 4.31. The van der Waals surface area contributed by atoms with Crippen molar-refractivity contribution >= 4 is 11.6 Å². The van der Waals surface area contributed by atoms with E-state index in [4.69, 9.17) is 0 Å². The molecule has 18 heavy (non-hydrogen) atoms. The number of nitrogens with zero attached hydrogens (tertiary/aromatic N) is 1. The Hall–Kier alpha value is -2.16. The normalized spacial score (nSPS) is 11.1. The summed E-state index contributed by atoms with van der Waals surface area (Å²) in [7, 11) is 0. The molecule has 0 aliphatic rings. The van der Waals surface area contributed by atoms with E-state index in [0.717, 1.165) is 24.3 Å². The van der Waals surface area contributed by atoms with Gasteiger partial charge in [0, 0.05) is 17.7 Å². The van der Waals surface area contributed by atoms with Gasteiger partial charge in [0.2, 0.25) is 0 Å². The van der Waals surface area contributed by atoms with Gasteiger partial charge in [-0.15, -0.1) is 0 Å². The smallest absolute Gasteiger partial charge is 0.267 e. The van der Waals surface area contributed by atoms with E-state index in [1.807, 2.05) is 0 Å². The van der Waals surface area contributed by atoms with E-state index in [2.05, 4.69) is 4.84 Å². The summed E-state index contributed by atoms with van der Waals surface area (Å²) in [5.41, 5.74) is 1.29. The number of hydroxylamine groups is 1. The highest BCUT2D eigenvalue weighted by atomic mass is 19.4. The van der Waals surface area contributed by atoms with Crippen LogP contribution in [0.4, 0.5) is 18.9 Å². The van der Waals surface area contributed by atoms with E-state index in [-0.39, 0.29) is 11.3 Å². The van der Waals surface area contributed by atoms with Crippen molar-refractivity contribution in [1.82, 2.24) is 5.48 Å². The third kappa shape index (κ3) is 4.37. The second-order valence-corrected chi connectivity index (χ2v) is 3.14. The summed E-state index contributed by atoms with van der Waals surface area (Å²) in [5, 5.41) is 10.3. The number of nitrogens with one attached hydrogen (secondary N) is 1. The second-order valence-electron chi connectivity index (χ2n) is 3.14. The number of carbonyl (C=O) groups excluding carboxylic acids is 1. The fraction of sp³-hybridized carbons (Fsp3) is 0.222. The lowest BCUT2D eigenvalue weighted by atomic mass is 10.2. The zero-order valence-corrected chi connectivity index (χ0v) is 8.73. The fourth-order valence-corrected chi connectivity index (χ4v) is 0.977. The lowest BCUT2D eigenvalue weighted by Crippen LogP contribution is -2.29. The molecule has 6 nitrogen and oxygen atoms in total. The van der Waals surface area contributed by atoms with Crippen molar-refractivity contribution < 1.29 is 27.7 Å². The van der Waals surface area contributed by atoms with Crippen LogP contribution in [0.5, 0.6) is 0 Å². The Labute approximate surface area is 98.5 Å². The number of benzene rings is 1. The predicted molar refractivity (Wildman–Crippen MR) is 52.6 cm³/mol. The van der Waals surface area contributed by atoms with Crippen LogP contribution in [-0.2, 0) is 4.84 Å². The number of amides is 1. The van der Waals surface area contributed by atoms with Gasteiger partial charge in [0.1, 0.15) is 0 Å². The first-order chi connectivity index (χ1) is 8.29. The third-order valence-corrected chi connectivity index (χ3v) is 1.74. The Morgan fingerprint density at radius 3 is 2.33 bits per heavy atom. The summed E-state index contributed by atoms with van der Waals surface area (Å²) in [6.45, 7) is -1.62. The first kappa shape index (κ1) is 13.9. The van der Waals surface area contributed by atoms with Crippen molar-refractivity contribution in [3.05, 3.63) is 39.9 Å². The molecule has 0 unspecified atom stereocenters. The van der Waals surface area contributed by atoms with Crippen LogP contribution in [0.2, 0.25) is 0 Å². The van der Waals surface area contributed by atoms with Crippen molar-refractivity contribution in [2.45, 2.75) is 6.18 Å². The number of alkyl halides is 3. The molecule has 1 aromatic carbocycles. The van der Waals surface area contributed by atoms with Crippen LogP contribution in [-0.4, -0.2) is 23.6 Å². The van der Waals surface area contributed by atoms with E-state index in [9.17, 15) is 28.1 Å². The van der Waals surface area contributed by atoms with Crippen LogP contribution in [0.15, 0.2) is 24.3 Å². The van der Waals surface area contributed by atoms with Crippen molar-refractivity contribution in [3.8, 4) is 0 Å². The highest BCUT2D eigenvalue weighted by molar-refractivity contribution is 5.93. The van der Waals surface area contributed by atoms with Gasteiger partial charge in [-0.05, 0) is 12.1 Å². The Morgan fingerprint density at radius 2 is 1.89 bits per heavy atom. The van der Waals surface area contributed by atoms with Gasteiger partial charge in [-0.1, -0.05) is 0 Å². The molecule has 1 rings (SSSR count). The first-order valence-electron chi connectivity index (χ1n) is 4.53. The van der Waals surface area contributed by atoms with Gasteiger partial charge in [0.25, 0.3) is 11.6 Å². The number of nitro benzene ring substituents is 1. The summed E-state index contributed by atoms with van der Waals surface area (Å²) >= 11 is 0. The number of hydrogen-bond donors (Lipinski definition) is 1. The Morgan fingerprint density at radius 1 is 1.33 bits per heavy atom. The molecule has 0 bridgehead atoms. The van der Waals surface area contributed by atoms with Gasteiger partial charge in [-0.25, -0.2) is 5.48 Å². The van der Waals surface area contributed by atoms with Crippen molar-refractivity contribution in [2.75, 3.05) is 6.61 Å². The molecular weight excluding hydrogens is 257 g/mol. The molecule has 0 fully saturated rings. The maximum Gasteiger partial charge on any atom is 0.414 e. The van der Waals surface area contributed by atoms with Gasteiger partial charge in [0.15, 0.2) is 6.61 Å². The van der Waals surface area contributed by atoms with Crippen molar-refractivity contribution in [2.24, 2.45) is 0 Å². The van der Waals surface area contributed by atoms with Crippen LogP contribution >= 0.6 is 0 Å². The minimum Gasteiger partial charge on any atom is -0.267 e. The van der Waals surface area contributed by atoms with E-state index in [1.165, 1.54) is 0 Å². The van der Waals surface area contributed by atoms with Crippen LogP contribution in [0.1, 0.15) is 10.4 Å². The second kappa shape index (κ2) is 5.45. The SMILES string of the molecule is O=C(NOCC(F)(F)F)c1ccc([N+](=O)[O-])cc1. The third-order valence-electron chi connectivity index (χ3n) is 1.74. The quantitative estimate of drug-likeness (QED) is 0.664. The highest BCUT2D eigenvalue weighted by Crippen LogP contribution is 2.14. The van der Waals surface area contributed by atoms with Gasteiger partial charge < -0.3 is 0 Å². The van der Waals surface area contributed by atoms with Crippen molar-refractivity contribution in [3.63, 3.8) is 0 Å². The fourth-order valence-electron chi connectivity index (χ4n) is 0.977. The van der Waals surface area contributed by atoms with E-state index < -0.39 is 23.6 Å². The minimum atomic E-state index is -4.55. The monoisotopic (exact) mass is 264 g/mol. The maximum absolute atomic E-state index is 11.7. The van der Waals surface area contributed by atoms with Gasteiger partial charge in [-0.2, -0.15) is 13.2 Å². The van der Waals surface area contributed by atoms with Crippen molar-refractivity contribution in [1.29, 1.82) is 0 Å². The molecule has 0 spiro atoms. The number of halogens is 3. The number of non-ortho nitro benzene ring substituents is 1. The topological polar surface area (TPSA) is 81.5 Å². The molecule has 0 aliphatic heterocycles. The molecule has 1 N–H and O–H groups in total. The van der Waals surface area contributed by atoms with E-state index in [0.29, 0.717) is 0 Å². The Kier molecular flexibility index (Phi) is 4.21. The minimum absolute atomic E-state index is 0.0530. The molecule has 98 valence electrons. The molecule has 0 saturated heterocycles. The number of rotatable bonds is 4. The number of hydrogen-bond acceptors (Lipinski definition) is 4. The standard InChI is InChI=1S/C9H7F3N2O4/c10-9(11,12)5-18-13-8(15)6-1-3-7(4-2-6)14(16)17/h1-4H,5H2,(H,13,15). The lowest BCUT2D eigenvalue weighted by molar-refractivity contribution is -0.384. The zero-order valence-electron chi connectivity index (χ0n) is 8.73. The van der Waals surface area contributed by atoms with Gasteiger partial charge >= 0.3 is 6.18 Å². The summed E-state index contributed by atoms with van der Waals surface area (Å²) in [5.74, 6) is -0.922. The first-order valence-corrected chi connectivity index (χ1v) is 4.53. The number of carbonyl (C=O) groups is 1. The maximum atomic E-state index is 11.7. The molecule has 0 heterocycles. The molecule has 9 heteroatoms. The largest absolute Gasteiger partial charge is 0.414 e. The summed E-state index contributed by atoms with van der Waals surface area (Å²) in [4.78, 5) is 24.8. The predicted octanol–water partition coefficient (Wildman–Crippen LogP) is 1.82. The molecule has 0 atom stereocenters. The average molecular weight is 264 g/mol. The van der Waals surface area contributed by atoms with Gasteiger partial charge in [0.05, 0.1) is 4.92 Å². The van der Waals surface area contributed by atoms with Crippen LogP contribution in [0, 0.1) is 10.1 Å². The molecule has 1 aromatic rings. The Bertz CT molecular complexity index is 444. The lowest BCUT2D eigenvalue weighted by Gasteiger charge is -2.08. The zero-order chi connectivity index (χ0) is 13.8. The van der Waals surface area contributed by atoms with E-state index in [1.54, 1.807) is 5.48 Å². The molecule has 0 aliphatic carbocycles. The van der Waals surface area contributed by atoms with Crippen LogP contribution < -0.4 is 5.48 Å². The molecule has 0 saturated carbocycles.